The number of carbonyl (C=O) groups excluding carboxylic acids is 1. The number of carbonyl (C=O) groups is 1. The normalized spacial score (nSPS) is 33.1. The van der Waals surface area contributed by atoms with Gasteiger partial charge in [-0.05, 0) is 86.4 Å². The van der Waals surface area contributed by atoms with Crippen LogP contribution in [0.5, 0.6) is 17.2 Å². The molecule has 7 nitrogen and oxygen atoms in total. The van der Waals surface area contributed by atoms with E-state index in [4.69, 9.17) is 9.47 Å². The van der Waals surface area contributed by atoms with Gasteiger partial charge in [0.05, 0.1) is 24.2 Å². The molecule has 2 aromatic rings. The van der Waals surface area contributed by atoms with Gasteiger partial charge in [-0.1, -0.05) is 18.2 Å². The number of phenols is 1. The number of nitrogens with zero attached hydrogens (tertiary/aromatic N) is 2. The van der Waals surface area contributed by atoms with E-state index in [2.05, 4.69) is 4.90 Å². The number of ether oxygens (including phenoxy) is 2. The van der Waals surface area contributed by atoms with Crippen molar-refractivity contribution in [3.05, 3.63) is 59.2 Å². The molecule has 7 rings (SSSR count). The van der Waals surface area contributed by atoms with Gasteiger partial charge in [-0.25, -0.2) is 0 Å². The third kappa shape index (κ3) is 3.31. The Labute approximate surface area is 223 Å². The lowest BCUT2D eigenvalue weighted by Crippen LogP contribution is -2.78. The number of aliphatic hydroxyl groups is 1. The Morgan fingerprint density at radius 3 is 2.87 bits per heavy atom. The number of piperidine rings is 1. The van der Waals surface area contributed by atoms with E-state index in [-0.39, 0.29) is 23.7 Å². The van der Waals surface area contributed by atoms with Crippen molar-refractivity contribution >= 4 is 12.0 Å². The van der Waals surface area contributed by atoms with Gasteiger partial charge < -0.3 is 24.6 Å². The average Bonchev–Trinajstić information content (AvgIpc) is 3.67. The van der Waals surface area contributed by atoms with Crippen molar-refractivity contribution in [2.45, 2.75) is 67.7 Å². The standard InChI is InChI=1S/C31H36N2O5/c1-32(26(35)11-8-19-4-3-5-22(16-19)37-2)23-12-13-31(36)25-17-21-9-10-24(34)28-27(21)30(31,29(23)38-28)14-15-33(25)18-20-6-7-20/h3-5,8-11,16,20,23,25,29,34,36H,6-7,12-15,17-18H2,1-2H3/t23-,25-,29+,30+,31-/m1/s1. The molecule has 1 spiro atoms. The molecular formula is C31H36N2O5. The monoisotopic (exact) mass is 516 g/mol. The average molecular weight is 517 g/mol. The first-order valence-electron chi connectivity index (χ1n) is 13.9. The topological polar surface area (TPSA) is 82.5 Å². The Bertz CT molecular complexity index is 1320. The lowest BCUT2D eigenvalue weighted by molar-refractivity contribution is -0.200. The zero-order valence-electron chi connectivity index (χ0n) is 22.1. The second-order valence-corrected chi connectivity index (χ2v) is 12.0. The number of hydrogen-bond acceptors (Lipinski definition) is 6. The van der Waals surface area contributed by atoms with Crippen LogP contribution < -0.4 is 9.47 Å². The molecule has 2 aliphatic heterocycles. The summed E-state index contributed by atoms with van der Waals surface area (Å²) in [4.78, 5) is 17.7. The minimum Gasteiger partial charge on any atom is -0.504 e. The number of amides is 1. The van der Waals surface area contributed by atoms with E-state index in [1.165, 1.54) is 18.4 Å². The molecule has 0 radical (unpaired) electrons. The van der Waals surface area contributed by atoms with Crippen molar-refractivity contribution in [3.8, 4) is 17.2 Å². The predicted octanol–water partition coefficient (Wildman–Crippen LogP) is 3.51. The fourth-order valence-corrected chi connectivity index (χ4v) is 8.05. The van der Waals surface area contributed by atoms with Crippen LogP contribution in [0, 0.1) is 5.92 Å². The molecule has 1 saturated heterocycles. The minimum atomic E-state index is -0.951. The van der Waals surface area contributed by atoms with Crippen molar-refractivity contribution in [2.75, 3.05) is 27.2 Å². The summed E-state index contributed by atoms with van der Waals surface area (Å²) in [6.45, 7) is 1.95. The Balaban J connectivity index is 1.23. The molecule has 3 aliphatic carbocycles. The molecule has 2 N–H and O–H groups in total. The third-order valence-corrected chi connectivity index (χ3v) is 10.1. The highest BCUT2D eigenvalue weighted by atomic mass is 16.5. The molecule has 1 amide bonds. The minimum absolute atomic E-state index is 0.0286. The van der Waals surface area contributed by atoms with Crippen LogP contribution in [0.15, 0.2) is 42.5 Å². The van der Waals surface area contributed by atoms with Gasteiger partial charge in [0, 0.05) is 31.3 Å². The number of hydrogen-bond donors (Lipinski definition) is 2. The molecule has 0 aromatic heterocycles. The molecule has 38 heavy (non-hydrogen) atoms. The number of aromatic hydroxyl groups is 1. The summed E-state index contributed by atoms with van der Waals surface area (Å²) >= 11 is 0. The second kappa shape index (κ2) is 8.48. The van der Waals surface area contributed by atoms with Crippen LogP contribution in [0.2, 0.25) is 0 Å². The maximum absolute atomic E-state index is 13.4. The van der Waals surface area contributed by atoms with E-state index in [0.717, 1.165) is 48.7 Å². The van der Waals surface area contributed by atoms with E-state index in [9.17, 15) is 15.0 Å². The van der Waals surface area contributed by atoms with Crippen molar-refractivity contribution < 1.29 is 24.5 Å². The first-order valence-corrected chi connectivity index (χ1v) is 13.9. The molecule has 2 saturated carbocycles. The summed E-state index contributed by atoms with van der Waals surface area (Å²) in [5.74, 6) is 2.02. The highest BCUT2D eigenvalue weighted by molar-refractivity contribution is 5.92. The summed E-state index contributed by atoms with van der Waals surface area (Å²) in [6.07, 6.45) is 8.35. The smallest absolute Gasteiger partial charge is 0.246 e. The van der Waals surface area contributed by atoms with Gasteiger partial charge in [0.15, 0.2) is 11.5 Å². The van der Waals surface area contributed by atoms with Gasteiger partial charge in [-0.3, -0.25) is 9.69 Å². The lowest BCUT2D eigenvalue weighted by atomic mass is 9.48. The van der Waals surface area contributed by atoms with Crippen LogP contribution in [-0.2, 0) is 16.6 Å². The van der Waals surface area contributed by atoms with E-state index < -0.39 is 17.1 Å². The number of likely N-dealkylation sites (tertiary alicyclic amines) is 1. The molecule has 2 bridgehead atoms. The Kier molecular flexibility index (Phi) is 5.37. The van der Waals surface area contributed by atoms with Crippen LogP contribution in [0.4, 0.5) is 0 Å². The Morgan fingerprint density at radius 2 is 2.08 bits per heavy atom. The van der Waals surface area contributed by atoms with Gasteiger partial charge in [0.25, 0.3) is 0 Å². The quantitative estimate of drug-likeness (QED) is 0.572. The van der Waals surface area contributed by atoms with Crippen molar-refractivity contribution in [1.82, 2.24) is 9.80 Å². The lowest BCUT2D eigenvalue weighted by Gasteiger charge is -2.64. The van der Waals surface area contributed by atoms with Gasteiger partial charge in [0.1, 0.15) is 11.9 Å². The second-order valence-electron chi connectivity index (χ2n) is 12.0. The van der Waals surface area contributed by atoms with Crippen LogP contribution in [-0.4, -0.2) is 77.0 Å². The first-order chi connectivity index (χ1) is 18.4. The van der Waals surface area contributed by atoms with Gasteiger partial charge >= 0.3 is 0 Å². The maximum atomic E-state index is 13.4. The maximum Gasteiger partial charge on any atom is 0.246 e. The van der Waals surface area contributed by atoms with Crippen molar-refractivity contribution in [3.63, 3.8) is 0 Å². The third-order valence-electron chi connectivity index (χ3n) is 10.1. The summed E-state index contributed by atoms with van der Waals surface area (Å²) in [7, 11) is 3.46. The molecule has 7 heteroatoms. The zero-order valence-corrected chi connectivity index (χ0v) is 22.1. The van der Waals surface area contributed by atoms with Crippen molar-refractivity contribution in [1.29, 1.82) is 0 Å². The zero-order chi connectivity index (χ0) is 26.2. The fraction of sp³-hybridized carbons (Fsp3) is 0.516. The van der Waals surface area contributed by atoms with Crippen LogP contribution in [0.1, 0.15) is 48.8 Å². The van der Waals surface area contributed by atoms with Gasteiger partial charge in [-0.2, -0.15) is 0 Å². The van der Waals surface area contributed by atoms with Crippen LogP contribution in [0.3, 0.4) is 0 Å². The summed E-state index contributed by atoms with van der Waals surface area (Å²) < 4.78 is 11.9. The number of phenolic OH excluding ortho intramolecular Hbond substituents is 1. The molecule has 200 valence electrons. The predicted molar refractivity (Wildman–Crippen MR) is 143 cm³/mol. The highest BCUT2D eigenvalue weighted by Crippen LogP contribution is 2.66. The number of benzene rings is 2. The van der Waals surface area contributed by atoms with E-state index in [1.807, 2.05) is 37.4 Å². The van der Waals surface area contributed by atoms with Gasteiger partial charge in [0.2, 0.25) is 5.91 Å². The highest BCUT2D eigenvalue weighted by Gasteiger charge is 2.73. The molecule has 2 aromatic carbocycles. The largest absolute Gasteiger partial charge is 0.504 e. The number of methoxy groups -OCH3 is 1. The first kappa shape index (κ1) is 24.0. The summed E-state index contributed by atoms with van der Waals surface area (Å²) in [5, 5.41) is 23.5. The van der Waals surface area contributed by atoms with Crippen molar-refractivity contribution in [2.24, 2.45) is 5.92 Å². The molecule has 3 fully saturated rings. The van der Waals surface area contributed by atoms with E-state index in [1.54, 1.807) is 30.2 Å². The van der Waals surface area contributed by atoms with Gasteiger partial charge in [-0.15, -0.1) is 0 Å². The fourth-order valence-electron chi connectivity index (χ4n) is 8.05. The van der Waals surface area contributed by atoms with Crippen LogP contribution in [0.25, 0.3) is 6.08 Å². The van der Waals surface area contributed by atoms with E-state index >= 15 is 0 Å². The molecular weight excluding hydrogens is 480 g/mol. The number of rotatable bonds is 6. The van der Waals surface area contributed by atoms with E-state index in [0.29, 0.717) is 18.6 Å². The molecule has 5 atom stereocenters. The molecule has 0 unspecified atom stereocenters. The molecule has 2 heterocycles. The number of likely N-dealkylation sites (N-methyl/N-ethyl adjacent to an activating group) is 1. The SMILES string of the molecule is COc1cccc(C=CC(=O)N(C)[C@@H]2CC[C@@]3(O)[C@H]4Cc5ccc(O)c6c5[C@@]3(CCN4CC3CC3)[C@H]2O6)c1. The Hall–Kier alpha value is -3.03. The summed E-state index contributed by atoms with van der Waals surface area (Å²) in [6, 6.07) is 11.2. The summed E-state index contributed by atoms with van der Waals surface area (Å²) in [5.41, 5.74) is 1.47. The molecule has 5 aliphatic rings. The Morgan fingerprint density at radius 1 is 1.24 bits per heavy atom. The van der Waals surface area contributed by atoms with Crippen LogP contribution >= 0.6 is 0 Å².